The highest BCUT2D eigenvalue weighted by molar-refractivity contribution is 5.83. The fourth-order valence-corrected chi connectivity index (χ4v) is 2.92. The van der Waals surface area contributed by atoms with Gasteiger partial charge in [-0.3, -0.25) is 9.63 Å². The lowest BCUT2D eigenvalue weighted by molar-refractivity contribution is -0.212. The molecule has 0 unspecified atom stereocenters. The summed E-state index contributed by atoms with van der Waals surface area (Å²) in [7, 11) is 1.53. The van der Waals surface area contributed by atoms with Crippen LogP contribution in [0.25, 0.3) is 0 Å². The number of aryl methyl sites for hydroxylation is 1. The fraction of sp³-hybridized carbons (Fsp3) is 0.462. The largest absolute Gasteiger partial charge is 0.490 e. The predicted octanol–water partition coefficient (Wildman–Crippen LogP) is 1.55. The van der Waals surface area contributed by atoms with Crippen LogP contribution in [0, 0.1) is 6.92 Å². The summed E-state index contributed by atoms with van der Waals surface area (Å²) >= 11 is 0. The van der Waals surface area contributed by atoms with Crippen molar-refractivity contribution >= 4 is 5.91 Å². The first kappa shape index (κ1) is 10.6. The highest BCUT2D eigenvalue weighted by Crippen LogP contribution is 2.47. The highest BCUT2D eigenvalue weighted by atomic mass is 16.7. The van der Waals surface area contributed by atoms with E-state index in [0.29, 0.717) is 13.0 Å². The maximum Gasteiger partial charge on any atom is 0.251 e. The van der Waals surface area contributed by atoms with Crippen LogP contribution in [-0.4, -0.2) is 24.7 Å². The third-order valence-electron chi connectivity index (χ3n) is 3.74. The first-order chi connectivity index (χ1) is 8.08. The second-order valence-electron chi connectivity index (χ2n) is 4.84. The van der Waals surface area contributed by atoms with E-state index in [9.17, 15) is 4.79 Å². The van der Waals surface area contributed by atoms with Gasteiger partial charge in [-0.05, 0) is 31.0 Å². The first-order valence-corrected chi connectivity index (χ1v) is 5.71. The molecule has 4 nitrogen and oxygen atoms in total. The molecule has 0 saturated heterocycles. The molecule has 4 heteroatoms. The summed E-state index contributed by atoms with van der Waals surface area (Å²) in [6.45, 7) is 4.48. The van der Waals surface area contributed by atoms with Crippen LogP contribution in [0.2, 0.25) is 0 Å². The van der Waals surface area contributed by atoms with Gasteiger partial charge < -0.3 is 4.74 Å². The van der Waals surface area contributed by atoms with Gasteiger partial charge in [-0.25, -0.2) is 5.06 Å². The quantitative estimate of drug-likeness (QED) is 0.738. The first-order valence-electron chi connectivity index (χ1n) is 5.71. The SMILES string of the molecule is CON1C(=O)Cc2c(C)ccc3c2[C@]1(C)CO3. The number of carbonyl (C=O) groups excluding carboxylic acids is 1. The molecule has 1 aromatic carbocycles. The topological polar surface area (TPSA) is 38.8 Å². The molecular formula is C13H15NO3. The summed E-state index contributed by atoms with van der Waals surface area (Å²) in [5, 5.41) is 1.45. The molecule has 0 N–H and O–H groups in total. The van der Waals surface area contributed by atoms with Crippen molar-refractivity contribution in [2.24, 2.45) is 0 Å². The molecule has 1 atom stereocenters. The Balaban J connectivity index is 2.28. The van der Waals surface area contributed by atoms with Crippen molar-refractivity contribution < 1.29 is 14.4 Å². The second kappa shape index (κ2) is 3.23. The second-order valence-corrected chi connectivity index (χ2v) is 4.84. The molecule has 2 heterocycles. The molecular weight excluding hydrogens is 218 g/mol. The van der Waals surface area contributed by atoms with Crippen LogP contribution in [0.3, 0.4) is 0 Å². The molecule has 17 heavy (non-hydrogen) atoms. The zero-order valence-electron chi connectivity index (χ0n) is 10.2. The van der Waals surface area contributed by atoms with Gasteiger partial charge in [-0.2, -0.15) is 0 Å². The summed E-state index contributed by atoms with van der Waals surface area (Å²) in [4.78, 5) is 17.3. The van der Waals surface area contributed by atoms with E-state index < -0.39 is 5.54 Å². The van der Waals surface area contributed by atoms with Crippen LogP contribution < -0.4 is 4.74 Å². The zero-order valence-corrected chi connectivity index (χ0v) is 10.2. The Bertz CT molecular complexity index is 512. The van der Waals surface area contributed by atoms with Gasteiger partial charge in [0.1, 0.15) is 17.9 Å². The lowest BCUT2D eigenvalue weighted by atomic mass is 9.82. The Labute approximate surface area is 100 Å². The van der Waals surface area contributed by atoms with E-state index in [2.05, 4.69) is 0 Å². The third-order valence-corrected chi connectivity index (χ3v) is 3.74. The molecule has 0 aromatic heterocycles. The number of hydrogen-bond donors (Lipinski definition) is 0. The molecule has 2 aliphatic heterocycles. The van der Waals surface area contributed by atoms with Crippen LogP contribution in [0.15, 0.2) is 12.1 Å². The Morgan fingerprint density at radius 2 is 2.24 bits per heavy atom. The van der Waals surface area contributed by atoms with E-state index in [1.54, 1.807) is 0 Å². The van der Waals surface area contributed by atoms with E-state index >= 15 is 0 Å². The maximum absolute atomic E-state index is 12.1. The molecule has 0 saturated carbocycles. The molecule has 2 aliphatic rings. The molecule has 1 amide bonds. The lowest BCUT2D eigenvalue weighted by Gasteiger charge is -2.39. The standard InChI is InChI=1S/C13H15NO3/c1-8-4-5-10-12-9(8)6-11(15)14(16-3)13(12,2)7-17-10/h4-5H,6-7H2,1-3H3/t13-/m0/s1. The summed E-state index contributed by atoms with van der Waals surface area (Å²) in [6, 6.07) is 3.98. The molecule has 90 valence electrons. The Morgan fingerprint density at radius 1 is 1.47 bits per heavy atom. The molecule has 0 spiro atoms. The van der Waals surface area contributed by atoms with Gasteiger partial charge in [-0.15, -0.1) is 0 Å². The van der Waals surface area contributed by atoms with E-state index in [4.69, 9.17) is 9.57 Å². The van der Waals surface area contributed by atoms with E-state index in [-0.39, 0.29) is 5.91 Å². The monoisotopic (exact) mass is 233 g/mol. The number of hydroxylamine groups is 2. The number of rotatable bonds is 1. The summed E-state index contributed by atoms with van der Waals surface area (Å²) in [6.07, 6.45) is 0.391. The van der Waals surface area contributed by atoms with Crippen molar-refractivity contribution in [1.82, 2.24) is 5.06 Å². The van der Waals surface area contributed by atoms with Crippen molar-refractivity contribution in [3.05, 3.63) is 28.8 Å². The number of hydrogen-bond acceptors (Lipinski definition) is 3. The molecule has 0 fully saturated rings. The summed E-state index contributed by atoms with van der Waals surface area (Å²) in [5.74, 6) is 0.871. The average Bonchev–Trinajstić information content (AvgIpc) is 2.62. The van der Waals surface area contributed by atoms with E-state index in [0.717, 1.165) is 22.4 Å². The maximum atomic E-state index is 12.1. The summed E-state index contributed by atoms with van der Waals surface area (Å²) < 4.78 is 5.69. The molecule has 3 rings (SSSR count). The molecule has 0 aliphatic carbocycles. The number of benzene rings is 1. The van der Waals surface area contributed by atoms with Crippen LogP contribution in [0.5, 0.6) is 5.75 Å². The van der Waals surface area contributed by atoms with Crippen LogP contribution in [-0.2, 0) is 21.6 Å². The van der Waals surface area contributed by atoms with Crippen LogP contribution in [0.1, 0.15) is 23.6 Å². The average molecular weight is 233 g/mol. The normalized spacial score (nSPS) is 25.8. The molecule has 0 radical (unpaired) electrons. The zero-order chi connectivity index (χ0) is 12.2. The number of carbonyl (C=O) groups is 1. The van der Waals surface area contributed by atoms with Gasteiger partial charge >= 0.3 is 0 Å². The Morgan fingerprint density at radius 3 is 2.94 bits per heavy atom. The minimum Gasteiger partial charge on any atom is -0.490 e. The fourth-order valence-electron chi connectivity index (χ4n) is 2.92. The predicted molar refractivity (Wildman–Crippen MR) is 61.6 cm³/mol. The lowest BCUT2D eigenvalue weighted by Crippen LogP contribution is -2.52. The number of amides is 1. The van der Waals surface area contributed by atoms with Gasteiger partial charge in [0.05, 0.1) is 13.5 Å². The summed E-state index contributed by atoms with van der Waals surface area (Å²) in [5.41, 5.74) is 2.87. The van der Waals surface area contributed by atoms with Gasteiger partial charge in [0.15, 0.2) is 0 Å². The highest BCUT2D eigenvalue weighted by Gasteiger charge is 2.50. The molecule has 0 bridgehead atoms. The Hall–Kier alpha value is -1.55. The Kier molecular flexibility index (Phi) is 2.01. The van der Waals surface area contributed by atoms with Gasteiger partial charge in [0.25, 0.3) is 5.91 Å². The van der Waals surface area contributed by atoms with E-state index in [1.807, 2.05) is 26.0 Å². The van der Waals surface area contributed by atoms with E-state index in [1.165, 1.54) is 12.2 Å². The van der Waals surface area contributed by atoms with Crippen LogP contribution in [0.4, 0.5) is 0 Å². The number of nitrogens with zero attached hydrogens (tertiary/aromatic N) is 1. The van der Waals surface area contributed by atoms with Crippen LogP contribution >= 0.6 is 0 Å². The smallest absolute Gasteiger partial charge is 0.251 e. The molecule has 1 aromatic rings. The number of ether oxygens (including phenoxy) is 1. The third kappa shape index (κ3) is 1.19. The van der Waals surface area contributed by atoms with Gasteiger partial charge in [-0.1, -0.05) is 6.07 Å². The van der Waals surface area contributed by atoms with Crippen molar-refractivity contribution in [2.45, 2.75) is 25.8 Å². The van der Waals surface area contributed by atoms with Crippen molar-refractivity contribution in [3.8, 4) is 5.75 Å². The minimum atomic E-state index is -0.485. The van der Waals surface area contributed by atoms with Crippen molar-refractivity contribution in [3.63, 3.8) is 0 Å². The van der Waals surface area contributed by atoms with Gasteiger partial charge in [0, 0.05) is 5.56 Å². The van der Waals surface area contributed by atoms with Crippen molar-refractivity contribution in [2.75, 3.05) is 13.7 Å². The van der Waals surface area contributed by atoms with Crippen molar-refractivity contribution in [1.29, 1.82) is 0 Å². The minimum absolute atomic E-state index is 0.00625. The van der Waals surface area contributed by atoms with Gasteiger partial charge in [0.2, 0.25) is 0 Å².